The van der Waals surface area contributed by atoms with Crippen molar-refractivity contribution in [2.24, 2.45) is 177 Å². The molecule has 0 spiro atoms. The maximum atomic E-state index is 11.8. The van der Waals surface area contributed by atoms with Crippen LogP contribution in [0.25, 0.3) is 0 Å². The first-order valence-electron chi connectivity index (χ1n) is 54.1. The number of rotatable bonds is 16. The molecule has 0 unspecified atom stereocenters. The van der Waals surface area contributed by atoms with E-state index in [2.05, 4.69) is 208 Å². The van der Waals surface area contributed by atoms with Crippen molar-refractivity contribution in [3.8, 4) is 0 Å². The molecule has 716 valence electrons. The molecule has 15 atom stereocenters. The summed E-state index contributed by atoms with van der Waals surface area (Å²) in [6.45, 7) is 72.7. The van der Waals surface area contributed by atoms with Crippen molar-refractivity contribution in [1.82, 2.24) is 4.90 Å². The average molecular weight is 1690 g/mol. The van der Waals surface area contributed by atoms with Crippen molar-refractivity contribution < 1.29 is 19.1 Å². The second-order valence-electron chi connectivity index (χ2n) is 48.8. The highest BCUT2D eigenvalue weighted by Crippen LogP contribution is 2.45. The molecule has 1 amide bonds. The van der Waals surface area contributed by atoms with Crippen molar-refractivity contribution in [3.05, 3.63) is 0 Å². The lowest BCUT2D eigenvalue weighted by atomic mass is 9.69. The van der Waals surface area contributed by atoms with Crippen molar-refractivity contribution in [2.75, 3.05) is 28.3 Å². The SMILES string of the molecule is CC(C)C1CCC(C)(C)CC1.CC(C)C1CCCCC1.CC(C)[C@@H]1CCCC(C)(C)C1.CC(C)[C@@H]1CCCC[C@@H]1C.CC(C)[C@@H]1CCCC[C@H]1C.CC(C)[C@@H]1CCC[C@H](C(=O)N(C)C)C1.CC(C)[C@@H]1CCC[C@H](C)C1.CC1CCC(C(C)C)CC1.CCC(=O)[C@H]1CCC[C@@H](C(C)C)C1.CO[C@@H]1CCCC[C@H]1C(C)C.CO[C@H]1CCC[C@@H](C(C)C)C1. The highest BCUT2D eigenvalue weighted by Gasteiger charge is 2.35. The first-order chi connectivity index (χ1) is 56.3. The average Bonchev–Trinajstić information content (AvgIpc) is 0.853. The molecular weight excluding hydrogens is 1460 g/mol. The minimum Gasteiger partial charge on any atom is -0.381 e. The molecule has 0 aliphatic heterocycles. The van der Waals surface area contributed by atoms with Crippen LogP contribution in [0.2, 0.25) is 0 Å². The second kappa shape index (κ2) is 64.8. The van der Waals surface area contributed by atoms with Gasteiger partial charge in [0.2, 0.25) is 5.91 Å². The zero-order valence-electron chi connectivity index (χ0n) is 88.9. The molecule has 0 aromatic rings. The molecule has 0 radical (unpaired) electrons. The van der Waals surface area contributed by atoms with Crippen LogP contribution in [-0.2, 0) is 19.1 Å². The standard InChI is InChI=1S/C12H23NO.C12H22O.2C11H22.2C10H20O.4C10H20.C9H18/c1-9(2)10-6-5-7-11(8-10)12(14)13(3)4;1-4-12(13)11-7-5-6-10(8-11)9(2)3;1-9(2)10-5-7-11(3,4)8-6-10;1-9(2)10-6-5-7-11(3,4)8-10;1-8(2)9-5-4-6-10(7-9)11-3;1-8(2)9-6-4-5-7-10(9)11-3;1-8(2)10-6-4-9(3)5-7-10;1-8(2)10-6-4-5-9(3)7-10;2*1-8(2)10-7-5-4-6-9(10)3;1-8(2)9-6-4-3-5-7-9/h9-11H,5-8H2,1-4H3;9-11H,4-8H2,1-3H3;2*9-10H,5-8H2,1-4H3;2*8-10H,4-7H2,1-3H3;4*8-10H,4-7H2,1-3H3;8-9H,3-7H2,1-2H3/t2*10-,11+;;10-;2*9-,10+;;2*9-,10+;9-,10-;/m11.110.010./s1. The maximum absolute atomic E-state index is 11.8. The maximum Gasteiger partial charge on any atom is 0.225 e. The van der Waals surface area contributed by atoms with E-state index in [9.17, 15) is 9.59 Å². The van der Waals surface area contributed by atoms with Gasteiger partial charge in [0.05, 0.1) is 12.2 Å². The molecule has 0 aromatic carbocycles. The topological polar surface area (TPSA) is 55.8 Å². The van der Waals surface area contributed by atoms with Crippen molar-refractivity contribution in [1.29, 1.82) is 0 Å². The Kier molecular flexibility index (Phi) is 63.2. The molecule has 0 saturated heterocycles. The Hall–Kier alpha value is -0.940. The highest BCUT2D eigenvalue weighted by molar-refractivity contribution is 5.80. The van der Waals surface area contributed by atoms with Gasteiger partial charge in [-0.15, -0.1) is 0 Å². The number of nitrogens with zero attached hydrogens (tertiary/aromatic N) is 1. The Bertz CT molecular complexity index is 2370. The summed E-state index contributed by atoms with van der Waals surface area (Å²) in [5.41, 5.74) is 1.28. The molecule has 0 aromatic heterocycles. The van der Waals surface area contributed by atoms with E-state index < -0.39 is 0 Å². The summed E-state index contributed by atoms with van der Waals surface area (Å²) in [5, 5.41) is 0. The number of Topliss-reactive ketones (excluding diaryl/α,β-unsaturated/α-hetero) is 1. The molecular formula is C115H227NO4. The van der Waals surface area contributed by atoms with Gasteiger partial charge in [0.25, 0.3) is 0 Å². The van der Waals surface area contributed by atoms with Gasteiger partial charge in [-0.2, -0.15) is 0 Å². The third-order valence-corrected chi connectivity index (χ3v) is 33.9. The number of amides is 1. The predicted octanol–water partition coefficient (Wildman–Crippen LogP) is 36.5. The number of carbonyl (C=O) groups is 2. The Labute approximate surface area is 758 Å². The van der Waals surface area contributed by atoms with Crippen LogP contribution in [0, 0.1) is 177 Å². The molecule has 5 heteroatoms. The Morgan fingerprint density at radius 1 is 0.300 bits per heavy atom. The molecule has 11 fully saturated rings. The van der Waals surface area contributed by atoms with Gasteiger partial charge in [-0.1, -0.05) is 382 Å². The lowest BCUT2D eigenvalue weighted by Gasteiger charge is -2.37. The number of hydrogen-bond donors (Lipinski definition) is 0. The van der Waals surface area contributed by atoms with E-state index in [4.69, 9.17) is 9.47 Å². The van der Waals surface area contributed by atoms with Gasteiger partial charge in [-0.25, -0.2) is 0 Å². The molecule has 11 aliphatic carbocycles. The number of carbonyl (C=O) groups excluding carboxylic acids is 2. The van der Waals surface area contributed by atoms with E-state index in [1.165, 1.54) is 263 Å². The van der Waals surface area contributed by atoms with Gasteiger partial charge in [0, 0.05) is 46.6 Å². The van der Waals surface area contributed by atoms with E-state index in [1.54, 1.807) is 4.90 Å². The first kappa shape index (κ1) is 117. The van der Waals surface area contributed by atoms with Crippen LogP contribution in [-0.4, -0.2) is 57.1 Å². The van der Waals surface area contributed by atoms with Crippen LogP contribution in [0.4, 0.5) is 0 Å². The lowest BCUT2D eigenvalue weighted by Crippen LogP contribution is -2.33. The summed E-state index contributed by atoms with van der Waals surface area (Å²) in [4.78, 5) is 25.1. The quantitative estimate of drug-likeness (QED) is 0.155. The van der Waals surface area contributed by atoms with Crippen LogP contribution in [0.1, 0.15) is 510 Å². The summed E-state index contributed by atoms with van der Waals surface area (Å²) in [6.07, 6.45) is 65.0. The molecule has 0 bridgehead atoms. The van der Waals surface area contributed by atoms with Crippen LogP contribution < -0.4 is 0 Å². The van der Waals surface area contributed by atoms with Gasteiger partial charge in [0.15, 0.2) is 0 Å². The number of methoxy groups -OCH3 is 2. The minimum absolute atomic E-state index is 0.297. The fourth-order valence-electron chi connectivity index (χ4n) is 23.9. The van der Waals surface area contributed by atoms with Crippen LogP contribution >= 0.6 is 0 Å². The van der Waals surface area contributed by atoms with Gasteiger partial charge >= 0.3 is 0 Å². The molecule has 5 nitrogen and oxygen atoms in total. The molecule has 11 aliphatic rings. The minimum atomic E-state index is 0.297. The zero-order valence-corrected chi connectivity index (χ0v) is 88.9. The fourth-order valence-corrected chi connectivity index (χ4v) is 23.9. The van der Waals surface area contributed by atoms with E-state index in [-0.39, 0.29) is 0 Å². The van der Waals surface area contributed by atoms with Gasteiger partial charge in [0.1, 0.15) is 5.78 Å². The van der Waals surface area contributed by atoms with Crippen molar-refractivity contribution >= 4 is 11.7 Å². The van der Waals surface area contributed by atoms with E-state index in [0.29, 0.717) is 46.6 Å². The second-order valence-corrected chi connectivity index (χ2v) is 48.8. The molecule has 11 saturated carbocycles. The Balaban J connectivity index is 0.000000661. The summed E-state index contributed by atoms with van der Waals surface area (Å²) < 4.78 is 10.8. The Morgan fingerprint density at radius 3 is 1.00 bits per heavy atom. The molecule has 0 heterocycles. The lowest BCUT2D eigenvalue weighted by molar-refractivity contribution is -0.134. The number of ether oxygens (including phenoxy) is 2. The normalized spacial score (nSPS) is 30.9. The van der Waals surface area contributed by atoms with E-state index >= 15 is 0 Å². The van der Waals surface area contributed by atoms with Crippen LogP contribution in [0.5, 0.6) is 0 Å². The highest BCUT2D eigenvalue weighted by atomic mass is 16.5. The molecule has 0 N–H and O–H groups in total. The van der Waals surface area contributed by atoms with Crippen molar-refractivity contribution in [2.45, 2.75) is 522 Å². The first-order valence-corrected chi connectivity index (χ1v) is 54.1. The van der Waals surface area contributed by atoms with Gasteiger partial charge < -0.3 is 14.4 Å². The number of ketones is 1. The van der Waals surface area contributed by atoms with Gasteiger partial charge in [-0.05, 0) is 287 Å². The van der Waals surface area contributed by atoms with E-state index in [1.807, 2.05) is 35.2 Å². The zero-order chi connectivity index (χ0) is 91.0. The Morgan fingerprint density at radius 2 is 0.650 bits per heavy atom. The summed E-state index contributed by atoms with van der Waals surface area (Å²) in [5.74, 6) is 25.5. The predicted molar refractivity (Wildman–Crippen MR) is 536 cm³/mol. The molecule has 11 rings (SSSR count). The summed E-state index contributed by atoms with van der Waals surface area (Å²) in [6, 6.07) is 0. The number of hydrogen-bond acceptors (Lipinski definition) is 4. The summed E-state index contributed by atoms with van der Waals surface area (Å²) >= 11 is 0. The van der Waals surface area contributed by atoms with Crippen LogP contribution in [0.15, 0.2) is 0 Å². The fraction of sp³-hybridized carbons (Fsp3) is 0.983. The largest absolute Gasteiger partial charge is 0.381 e. The van der Waals surface area contributed by atoms with Crippen molar-refractivity contribution in [3.63, 3.8) is 0 Å². The third-order valence-electron chi connectivity index (χ3n) is 33.9. The third kappa shape index (κ3) is 50.9. The van der Waals surface area contributed by atoms with Crippen LogP contribution in [0.3, 0.4) is 0 Å². The smallest absolute Gasteiger partial charge is 0.225 e. The summed E-state index contributed by atoms with van der Waals surface area (Å²) in [7, 11) is 7.42. The van der Waals surface area contributed by atoms with Gasteiger partial charge in [-0.3, -0.25) is 9.59 Å². The monoisotopic (exact) mass is 1690 g/mol. The van der Waals surface area contributed by atoms with E-state index in [0.717, 1.165) is 186 Å². The molecule has 120 heavy (non-hydrogen) atoms.